The maximum atomic E-state index is 12.2. The predicted molar refractivity (Wildman–Crippen MR) is 77.3 cm³/mol. The van der Waals surface area contributed by atoms with Crippen molar-refractivity contribution >= 4 is 27.7 Å². The molecule has 1 aromatic carbocycles. The number of nitrogens with zero attached hydrogens (tertiary/aromatic N) is 1. The van der Waals surface area contributed by atoms with Crippen molar-refractivity contribution in [1.82, 2.24) is 5.32 Å². The molecule has 108 valence electrons. The lowest BCUT2D eigenvalue weighted by Gasteiger charge is -2.11. The Balaban J connectivity index is 2.20. The van der Waals surface area contributed by atoms with Gasteiger partial charge in [0, 0.05) is 12.0 Å². The molecule has 0 unspecified atom stereocenters. The van der Waals surface area contributed by atoms with Crippen molar-refractivity contribution in [2.24, 2.45) is 5.16 Å². The first kappa shape index (κ1) is 14.6. The molecule has 7 heteroatoms. The SMILES string of the molecule is COc1cc(C(=O)NC2=NO[C@@H](C)C2)cc(Br)c1OC. The van der Waals surface area contributed by atoms with Crippen LogP contribution in [0.1, 0.15) is 23.7 Å². The standard InChI is InChI=1S/C13H15BrN2O4/c1-7-4-11(16-20-7)15-13(17)8-5-9(14)12(19-3)10(6-8)18-2/h5-7H,4H2,1-3H3,(H,15,16,17)/t7-/m0/s1. The van der Waals surface area contributed by atoms with Gasteiger partial charge in [-0.1, -0.05) is 5.16 Å². The summed E-state index contributed by atoms with van der Waals surface area (Å²) in [5.41, 5.74) is 0.441. The molecular formula is C13H15BrN2O4. The number of halogens is 1. The van der Waals surface area contributed by atoms with E-state index in [2.05, 4.69) is 26.4 Å². The minimum Gasteiger partial charge on any atom is -0.493 e. The van der Waals surface area contributed by atoms with E-state index in [4.69, 9.17) is 14.3 Å². The van der Waals surface area contributed by atoms with Gasteiger partial charge in [-0.15, -0.1) is 0 Å². The van der Waals surface area contributed by atoms with Crippen LogP contribution < -0.4 is 14.8 Å². The van der Waals surface area contributed by atoms with Gasteiger partial charge in [0.1, 0.15) is 6.10 Å². The normalized spacial score (nSPS) is 17.2. The van der Waals surface area contributed by atoms with Crippen molar-refractivity contribution in [3.8, 4) is 11.5 Å². The number of amides is 1. The zero-order valence-corrected chi connectivity index (χ0v) is 13.0. The van der Waals surface area contributed by atoms with E-state index in [1.807, 2.05) is 6.92 Å². The second-order valence-corrected chi connectivity index (χ2v) is 5.16. The van der Waals surface area contributed by atoms with Gasteiger partial charge in [0.2, 0.25) is 0 Å². The summed E-state index contributed by atoms with van der Waals surface area (Å²) in [7, 11) is 3.05. The van der Waals surface area contributed by atoms with E-state index in [-0.39, 0.29) is 12.0 Å². The number of oxime groups is 1. The number of hydrogen-bond donors (Lipinski definition) is 1. The van der Waals surface area contributed by atoms with Crippen LogP contribution in [0.2, 0.25) is 0 Å². The fourth-order valence-electron chi connectivity index (χ4n) is 1.83. The Labute approximate surface area is 125 Å². The van der Waals surface area contributed by atoms with E-state index in [1.165, 1.54) is 14.2 Å². The maximum Gasteiger partial charge on any atom is 0.256 e. The highest BCUT2D eigenvalue weighted by atomic mass is 79.9. The molecule has 1 atom stereocenters. The highest BCUT2D eigenvalue weighted by Crippen LogP contribution is 2.36. The van der Waals surface area contributed by atoms with E-state index in [1.54, 1.807) is 12.1 Å². The smallest absolute Gasteiger partial charge is 0.256 e. The molecule has 1 heterocycles. The number of carbonyl (C=O) groups is 1. The molecule has 0 bridgehead atoms. The third-order valence-electron chi connectivity index (χ3n) is 2.78. The van der Waals surface area contributed by atoms with Crippen LogP contribution in [0.3, 0.4) is 0 Å². The summed E-state index contributed by atoms with van der Waals surface area (Å²) >= 11 is 3.35. The van der Waals surface area contributed by atoms with Gasteiger partial charge in [-0.05, 0) is 35.0 Å². The summed E-state index contributed by atoms with van der Waals surface area (Å²) in [6, 6.07) is 3.27. The molecule has 1 aromatic rings. The number of hydrogen-bond acceptors (Lipinski definition) is 5. The fraction of sp³-hybridized carbons (Fsp3) is 0.385. The molecule has 1 amide bonds. The number of ether oxygens (including phenoxy) is 2. The Kier molecular flexibility index (Phi) is 4.49. The average Bonchev–Trinajstić information content (AvgIpc) is 2.82. The number of methoxy groups -OCH3 is 2. The minimum atomic E-state index is -0.275. The molecule has 1 aliphatic heterocycles. The second-order valence-electron chi connectivity index (χ2n) is 4.31. The van der Waals surface area contributed by atoms with Crippen molar-refractivity contribution in [3.05, 3.63) is 22.2 Å². The van der Waals surface area contributed by atoms with Gasteiger partial charge < -0.3 is 19.6 Å². The van der Waals surface area contributed by atoms with Gasteiger partial charge in [0.05, 0.1) is 18.7 Å². The van der Waals surface area contributed by atoms with E-state index < -0.39 is 0 Å². The van der Waals surface area contributed by atoms with E-state index in [0.29, 0.717) is 33.8 Å². The quantitative estimate of drug-likeness (QED) is 0.915. The molecule has 0 saturated heterocycles. The number of benzene rings is 1. The first-order valence-corrected chi connectivity index (χ1v) is 6.80. The van der Waals surface area contributed by atoms with E-state index in [0.717, 1.165) is 0 Å². The first-order valence-electron chi connectivity index (χ1n) is 6.00. The summed E-state index contributed by atoms with van der Waals surface area (Å²) in [6.45, 7) is 1.88. The first-order chi connectivity index (χ1) is 9.55. The number of amidine groups is 1. The molecule has 6 nitrogen and oxygen atoms in total. The summed E-state index contributed by atoms with van der Waals surface area (Å²) in [6.07, 6.45) is 0.572. The summed E-state index contributed by atoms with van der Waals surface area (Å²) in [5, 5.41) is 6.51. The van der Waals surface area contributed by atoms with Crippen LogP contribution in [-0.2, 0) is 4.84 Å². The molecule has 20 heavy (non-hydrogen) atoms. The molecule has 1 aliphatic rings. The fourth-order valence-corrected chi connectivity index (χ4v) is 2.43. The van der Waals surface area contributed by atoms with Gasteiger partial charge in [-0.25, -0.2) is 0 Å². The maximum absolute atomic E-state index is 12.2. The van der Waals surface area contributed by atoms with Crippen LogP contribution in [0.15, 0.2) is 21.8 Å². The number of nitrogens with one attached hydrogen (secondary N) is 1. The van der Waals surface area contributed by atoms with E-state index in [9.17, 15) is 4.79 Å². The third kappa shape index (κ3) is 3.04. The lowest BCUT2D eigenvalue weighted by atomic mass is 10.1. The zero-order valence-electron chi connectivity index (χ0n) is 11.4. The van der Waals surface area contributed by atoms with Gasteiger partial charge in [0.25, 0.3) is 5.91 Å². The van der Waals surface area contributed by atoms with Crippen LogP contribution in [0.4, 0.5) is 0 Å². The molecular weight excluding hydrogens is 328 g/mol. The average molecular weight is 343 g/mol. The van der Waals surface area contributed by atoms with Gasteiger partial charge >= 0.3 is 0 Å². The van der Waals surface area contributed by atoms with Crippen LogP contribution in [0.25, 0.3) is 0 Å². The largest absolute Gasteiger partial charge is 0.493 e. The monoisotopic (exact) mass is 342 g/mol. The Hall–Kier alpha value is -1.76. The lowest BCUT2D eigenvalue weighted by Crippen LogP contribution is -2.30. The van der Waals surface area contributed by atoms with E-state index >= 15 is 0 Å². The molecule has 0 aliphatic carbocycles. The lowest BCUT2D eigenvalue weighted by molar-refractivity contribution is 0.0966. The molecule has 0 aromatic heterocycles. The highest BCUT2D eigenvalue weighted by molar-refractivity contribution is 9.10. The summed E-state index contributed by atoms with van der Waals surface area (Å²) in [5.74, 6) is 1.26. The van der Waals surface area contributed by atoms with Crippen molar-refractivity contribution < 1.29 is 19.1 Å². The Bertz CT molecular complexity index is 560. The molecule has 0 spiro atoms. The van der Waals surface area contributed by atoms with Gasteiger partial charge in [-0.3, -0.25) is 4.79 Å². The molecule has 0 fully saturated rings. The third-order valence-corrected chi connectivity index (χ3v) is 3.37. The predicted octanol–water partition coefficient (Wildman–Crippen LogP) is 2.32. The topological polar surface area (TPSA) is 69.2 Å². The van der Waals surface area contributed by atoms with Crippen LogP contribution >= 0.6 is 15.9 Å². The van der Waals surface area contributed by atoms with Crippen molar-refractivity contribution in [2.45, 2.75) is 19.4 Å². The molecule has 0 saturated carbocycles. The van der Waals surface area contributed by atoms with Crippen molar-refractivity contribution in [3.63, 3.8) is 0 Å². The Morgan fingerprint density at radius 2 is 2.20 bits per heavy atom. The van der Waals surface area contributed by atoms with Crippen molar-refractivity contribution in [1.29, 1.82) is 0 Å². The van der Waals surface area contributed by atoms with Crippen LogP contribution in [-0.4, -0.2) is 32.1 Å². The molecule has 1 N–H and O–H groups in total. The summed E-state index contributed by atoms with van der Waals surface area (Å²) < 4.78 is 11.0. The Morgan fingerprint density at radius 3 is 2.75 bits per heavy atom. The van der Waals surface area contributed by atoms with Crippen molar-refractivity contribution in [2.75, 3.05) is 14.2 Å². The van der Waals surface area contributed by atoms with Gasteiger partial charge in [0.15, 0.2) is 17.3 Å². The summed E-state index contributed by atoms with van der Waals surface area (Å²) in [4.78, 5) is 17.2. The second kappa shape index (κ2) is 6.13. The minimum absolute atomic E-state index is 0.0116. The molecule has 2 rings (SSSR count). The van der Waals surface area contributed by atoms with Crippen LogP contribution in [0, 0.1) is 0 Å². The Morgan fingerprint density at radius 1 is 1.45 bits per heavy atom. The zero-order chi connectivity index (χ0) is 14.7. The molecule has 0 radical (unpaired) electrons. The number of carbonyl (C=O) groups excluding carboxylic acids is 1. The van der Waals surface area contributed by atoms with Crippen LogP contribution in [0.5, 0.6) is 11.5 Å². The van der Waals surface area contributed by atoms with Gasteiger partial charge in [-0.2, -0.15) is 0 Å². The number of rotatable bonds is 3. The highest BCUT2D eigenvalue weighted by Gasteiger charge is 2.20.